The fourth-order valence-corrected chi connectivity index (χ4v) is 1.49. The zero-order chi connectivity index (χ0) is 12.6. The number of rotatable bonds is 6. The first-order chi connectivity index (χ1) is 7.31. The number of ether oxygens (including phenoxy) is 1. The van der Waals surface area contributed by atoms with E-state index < -0.39 is 20.0 Å². The Labute approximate surface area is 96.6 Å². The molecule has 4 nitrogen and oxygen atoms in total. The number of carbonyl (C=O) groups excluding carboxylic acids is 1. The number of carbonyl (C=O) groups is 2. The van der Waals surface area contributed by atoms with E-state index in [0.717, 1.165) is 12.1 Å². The molecule has 0 saturated carbocycles. The average Bonchev–Trinajstić information content (AvgIpc) is 2.10. The lowest BCUT2D eigenvalue weighted by atomic mass is 10.4. The van der Waals surface area contributed by atoms with Crippen LogP contribution in [-0.4, -0.2) is 31.7 Å². The summed E-state index contributed by atoms with van der Waals surface area (Å²) in [7, 11) is -1.17. The van der Waals surface area contributed by atoms with Gasteiger partial charge >= 0.3 is 11.9 Å². The number of aliphatic carboxylic acids is 1. The zero-order valence-corrected chi connectivity index (χ0v) is 10.9. The molecular formula is C11H18O4Si. The topological polar surface area (TPSA) is 63.6 Å². The van der Waals surface area contributed by atoms with Crippen molar-refractivity contribution < 1.29 is 19.4 Å². The van der Waals surface area contributed by atoms with Crippen LogP contribution in [0.15, 0.2) is 24.3 Å². The van der Waals surface area contributed by atoms with Crippen LogP contribution in [0.2, 0.25) is 25.7 Å². The Morgan fingerprint density at radius 2 is 1.75 bits per heavy atom. The molecule has 5 heteroatoms. The average molecular weight is 242 g/mol. The molecule has 0 heterocycles. The highest BCUT2D eigenvalue weighted by molar-refractivity contribution is 6.76. The monoisotopic (exact) mass is 242 g/mol. The first-order valence-corrected chi connectivity index (χ1v) is 8.76. The largest absolute Gasteiger partial charge is 0.478 e. The highest BCUT2D eigenvalue weighted by Crippen LogP contribution is 2.07. The third kappa shape index (κ3) is 10.7. The van der Waals surface area contributed by atoms with Gasteiger partial charge in [0.25, 0.3) is 0 Å². The van der Waals surface area contributed by atoms with E-state index >= 15 is 0 Å². The van der Waals surface area contributed by atoms with Crippen LogP contribution in [0.25, 0.3) is 0 Å². The Balaban J connectivity index is 3.79. The molecule has 16 heavy (non-hydrogen) atoms. The molecule has 0 aliphatic heterocycles. The smallest absolute Gasteiger partial charge is 0.330 e. The Bertz CT molecular complexity index is 300. The molecular weight excluding hydrogens is 224 g/mol. The van der Waals surface area contributed by atoms with Crippen molar-refractivity contribution in [3.63, 3.8) is 0 Å². The SMILES string of the molecule is C[Si](C)(C)CCOC(=O)/C=C\C=C\C(=O)O. The fourth-order valence-electron chi connectivity index (χ4n) is 0.778. The molecule has 0 radical (unpaired) electrons. The third-order valence-electron chi connectivity index (χ3n) is 1.68. The van der Waals surface area contributed by atoms with Gasteiger partial charge in [-0.15, -0.1) is 0 Å². The molecule has 0 saturated heterocycles. The number of hydrogen-bond acceptors (Lipinski definition) is 3. The van der Waals surface area contributed by atoms with Crippen molar-refractivity contribution in [1.29, 1.82) is 0 Å². The van der Waals surface area contributed by atoms with Gasteiger partial charge in [-0.05, 0) is 6.04 Å². The molecule has 0 unspecified atom stereocenters. The number of allylic oxidation sites excluding steroid dienone is 2. The van der Waals surface area contributed by atoms with Gasteiger partial charge in [0.15, 0.2) is 0 Å². The summed E-state index contributed by atoms with van der Waals surface area (Å²) in [6.07, 6.45) is 4.79. The molecule has 0 spiro atoms. The summed E-state index contributed by atoms with van der Waals surface area (Å²) in [5.41, 5.74) is 0. The minimum Gasteiger partial charge on any atom is -0.478 e. The van der Waals surface area contributed by atoms with Crippen LogP contribution < -0.4 is 0 Å². The van der Waals surface area contributed by atoms with E-state index in [2.05, 4.69) is 19.6 Å². The molecule has 1 N–H and O–H groups in total. The summed E-state index contributed by atoms with van der Waals surface area (Å²) in [5.74, 6) is -1.48. The second kappa shape index (κ2) is 7.00. The minimum atomic E-state index is -1.17. The number of carboxylic acids is 1. The highest BCUT2D eigenvalue weighted by atomic mass is 28.3. The molecule has 0 atom stereocenters. The summed E-state index contributed by atoms with van der Waals surface area (Å²) in [6.45, 7) is 7.03. The lowest BCUT2D eigenvalue weighted by molar-refractivity contribution is -0.137. The van der Waals surface area contributed by atoms with Crippen LogP contribution in [0.1, 0.15) is 0 Å². The normalized spacial score (nSPS) is 12.2. The Morgan fingerprint density at radius 3 is 2.25 bits per heavy atom. The summed E-state index contributed by atoms with van der Waals surface area (Å²) in [6, 6.07) is 0.928. The van der Waals surface area contributed by atoms with E-state index in [1.54, 1.807) is 0 Å². The molecule has 0 aromatic carbocycles. The molecule has 0 aliphatic rings. The minimum absolute atomic E-state index is 0.432. The van der Waals surface area contributed by atoms with Crippen LogP contribution >= 0.6 is 0 Å². The number of hydrogen-bond donors (Lipinski definition) is 1. The Kier molecular flexibility index (Phi) is 6.40. The lowest BCUT2D eigenvalue weighted by Crippen LogP contribution is -2.22. The predicted octanol–water partition coefficient (Wildman–Crippen LogP) is 2.06. The summed E-state index contributed by atoms with van der Waals surface area (Å²) in [5, 5.41) is 8.28. The van der Waals surface area contributed by atoms with Gasteiger partial charge in [0.1, 0.15) is 0 Å². The van der Waals surface area contributed by atoms with Gasteiger partial charge in [0.2, 0.25) is 0 Å². The summed E-state index contributed by atoms with van der Waals surface area (Å²) >= 11 is 0. The van der Waals surface area contributed by atoms with Crippen molar-refractivity contribution in [2.24, 2.45) is 0 Å². The standard InChI is InChI=1S/C11H18O4Si/c1-16(2,3)9-8-15-11(14)7-5-4-6-10(12)13/h4-7H,8-9H2,1-3H3,(H,12,13)/b6-4+,7-5-. The number of carboxylic acid groups (broad SMARTS) is 1. The molecule has 0 aromatic rings. The van der Waals surface area contributed by atoms with Crippen LogP contribution in [0.5, 0.6) is 0 Å². The van der Waals surface area contributed by atoms with Crippen molar-refractivity contribution in [3.8, 4) is 0 Å². The molecule has 0 amide bonds. The fraction of sp³-hybridized carbons (Fsp3) is 0.455. The highest BCUT2D eigenvalue weighted by Gasteiger charge is 2.12. The number of esters is 1. The van der Waals surface area contributed by atoms with Crippen LogP contribution in [-0.2, 0) is 14.3 Å². The van der Waals surface area contributed by atoms with E-state index in [9.17, 15) is 9.59 Å². The molecule has 0 rings (SSSR count). The molecule has 0 bridgehead atoms. The van der Waals surface area contributed by atoms with Gasteiger partial charge in [-0.2, -0.15) is 0 Å². The molecule has 90 valence electrons. The predicted molar refractivity (Wildman–Crippen MR) is 65.0 cm³/mol. The molecule has 0 aromatic heterocycles. The van der Waals surface area contributed by atoms with Crippen LogP contribution in [0, 0.1) is 0 Å². The lowest BCUT2D eigenvalue weighted by Gasteiger charge is -2.14. The summed E-state index contributed by atoms with van der Waals surface area (Å²) in [4.78, 5) is 21.2. The van der Waals surface area contributed by atoms with Crippen molar-refractivity contribution >= 4 is 20.0 Å². The van der Waals surface area contributed by atoms with Crippen LogP contribution in [0.4, 0.5) is 0 Å². The van der Waals surface area contributed by atoms with E-state index in [1.807, 2.05) is 0 Å². The van der Waals surface area contributed by atoms with Crippen molar-refractivity contribution in [2.45, 2.75) is 25.7 Å². The second-order valence-electron chi connectivity index (χ2n) is 4.53. The summed E-state index contributed by atoms with van der Waals surface area (Å²) < 4.78 is 4.95. The van der Waals surface area contributed by atoms with Gasteiger partial charge in [-0.3, -0.25) is 0 Å². The van der Waals surface area contributed by atoms with Gasteiger partial charge in [-0.25, -0.2) is 9.59 Å². The Morgan fingerprint density at radius 1 is 1.19 bits per heavy atom. The van der Waals surface area contributed by atoms with E-state index in [0.29, 0.717) is 6.61 Å². The van der Waals surface area contributed by atoms with E-state index in [1.165, 1.54) is 18.2 Å². The van der Waals surface area contributed by atoms with Crippen molar-refractivity contribution in [1.82, 2.24) is 0 Å². The maximum atomic E-state index is 11.1. The van der Waals surface area contributed by atoms with Gasteiger partial charge in [0.05, 0.1) is 6.61 Å². The first kappa shape index (κ1) is 14.6. The van der Waals surface area contributed by atoms with Crippen molar-refractivity contribution in [3.05, 3.63) is 24.3 Å². The zero-order valence-electron chi connectivity index (χ0n) is 9.90. The Hall–Kier alpha value is -1.36. The second-order valence-corrected chi connectivity index (χ2v) is 10.2. The van der Waals surface area contributed by atoms with Gasteiger partial charge < -0.3 is 9.84 Å². The van der Waals surface area contributed by atoms with Crippen LogP contribution in [0.3, 0.4) is 0 Å². The molecule has 0 fully saturated rings. The maximum absolute atomic E-state index is 11.1. The van der Waals surface area contributed by atoms with Gasteiger partial charge in [0, 0.05) is 20.2 Å². The quantitative estimate of drug-likeness (QED) is 0.335. The molecule has 0 aliphatic carbocycles. The van der Waals surface area contributed by atoms with Gasteiger partial charge in [-0.1, -0.05) is 31.8 Å². The first-order valence-electron chi connectivity index (χ1n) is 5.06. The van der Waals surface area contributed by atoms with Crippen molar-refractivity contribution in [2.75, 3.05) is 6.61 Å². The van der Waals surface area contributed by atoms with E-state index in [4.69, 9.17) is 9.84 Å². The van der Waals surface area contributed by atoms with E-state index in [-0.39, 0.29) is 0 Å². The third-order valence-corrected chi connectivity index (χ3v) is 3.38. The maximum Gasteiger partial charge on any atom is 0.330 e.